The van der Waals surface area contributed by atoms with Crippen molar-refractivity contribution in [2.24, 2.45) is 5.92 Å². The van der Waals surface area contributed by atoms with Gasteiger partial charge in [0.25, 0.3) is 5.91 Å². The van der Waals surface area contributed by atoms with Gasteiger partial charge in [-0.15, -0.1) is 0 Å². The van der Waals surface area contributed by atoms with E-state index >= 15 is 0 Å². The molecule has 1 N–H and O–H groups in total. The zero-order valence-electron chi connectivity index (χ0n) is 11.0. The van der Waals surface area contributed by atoms with E-state index in [1.54, 1.807) is 13.2 Å². The van der Waals surface area contributed by atoms with Crippen molar-refractivity contribution in [2.75, 3.05) is 7.11 Å². The van der Waals surface area contributed by atoms with Crippen molar-refractivity contribution < 1.29 is 9.53 Å². The number of nitrogens with zero attached hydrogens (tertiary/aromatic N) is 1. The molecule has 4 nitrogen and oxygen atoms in total. The summed E-state index contributed by atoms with van der Waals surface area (Å²) in [7, 11) is 1.57. The molecule has 0 spiro atoms. The van der Waals surface area contributed by atoms with Gasteiger partial charge < -0.3 is 10.1 Å². The quantitative estimate of drug-likeness (QED) is 0.917. The number of hydrogen-bond donors (Lipinski definition) is 1. The molecular formula is C15H16N2O2. The first-order valence-electron chi connectivity index (χ1n) is 6.43. The van der Waals surface area contributed by atoms with E-state index in [1.807, 2.05) is 24.3 Å². The molecule has 1 amide bonds. The number of methoxy groups -OCH3 is 1. The van der Waals surface area contributed by atoms with Crippen LogP contribution >= 0.6 is 0 Å². The Morgan fingerprint density at radius 1 is 1.42 bits per heavy atom. The normalized spacial score (nSPS) is 21.2. The molecule has 2 atom stereocenters. The van der Waals surface area contributed by atoms with Gasteiger partial charge in [-0.05, 0) is 29.9 Å². The summed E-state index contributed by atoms with van der Waals surface area (Å²) in [4.78, 5) is 16.4. The van der Waals surface area contributed by atoms with Crippen LogP contribution in [0.4, 0.5) is 0 Å². The highest BCUT2D eigenvalue weighted by atomic mass is 16.5. The Kier molecular flexibility index (Phi) is 2.85. The Morgan fingerprint density at radius 3 is 2.84 bits per heavy atom. The van der Waals surface area contributed by atoms with Crippen LogP contribution in [-0.4, -0.2) is 24.0 Å². The van der Waals surface area contributed by atoms with Gasteiger partial charge in [0.15, 0.2) is 0 Å². The van der Waals surface area contributed by atoms with Gasteiger partial charge >= 0.3 is 0 Å². The van der Waals surface area contributed by atoms with Crippen molar-refractivity contribution in [1.82, 2.24) is 10.3 Å². The Bertz CT molecular complexity index is 639. The SMILES string of the molecule is COc1nc(C(=O)N[C@H]2C[C@@H]2C)cc2ccccc12. The number of carbonyl (C=O) groups excluding carboxylic acids is 1. The third-order valence-electron chi connectivity index (χ3n) is 3.56. The van der Waals surface area contributed by atoms with Gasteiger partial charge in [0.1, 0.15) is 5.69 Å². The Morgan fingerprint density at radius 2 is 2.16 bits per heavy atom. The van der Waals surface area contributed by atoms with E-state index in [4.69, 9.17) is 4.74 Å². The number of ether oxygens (including phenoxy) is 1. The number of rotatable bonds is 3. The van der Waals surface area contributed by atoms with Crippen molar-refractivity contribution in [1.29, 1.82) is 0 Å². The van der Waals surface area contributed by atoms with Crippen LogP contribution in [0.15, 0.2) is 30.3 Å². The molecule has 3 rings (SSSR count). The molecular weight excluding hydrogens is 240 g/mol. The maximum atomic E-state index is 12.1. The summed E-state index contributed by atoms with van der Waals surface area (Å²) in [5.41, 5.74) is 0.412. The van der Waals surface area contributed by atoms with E-state index in [-0.39, 0.29) is 5.91 Å². The fourth-order valence-corrected chi connectivity index (χ4v) is 2.20. The van der Waals surface area contributed by atoms with Gasteiger partial charge in [0, 0.05) is 11.4 Å². The number of amides is 1. The number of carbonyl (C=O) groups is 1. The first kappa shape index (κ1) is 12.0. The lowest BCUT2D eigenvalue weighted by molar-refractivity contribution is 0.0943. The Hall–Kier alpha value is -2.10. The second-order valence-electron chi connectivity index (χ2n) is 5.03. The second-order valence-corrected chi connectivity index (χ2v) is 5.03. The fraction of sp³-hybridized carbons (Fsp3) is 0.333. The number of nitrogens with one attached hydrogen (secondary N) is 1. The van der Waals surface area contributed by atoms with E-state index in [0.29, 0.717) is 23.5 Å². The number of hydrogen-bond acceptors (Lipinski definition) is 3. The van der Waals surface area contributed by atoms with E-state index in [1.165, 1.54) is 0 Å². The lowest BCUT2D eigenvalue weighted by Crippen LogP contribution is -2.27. The Balaban J connectivity index is 1.97. The highest BCUT2D eigenvalue weighted by molar-refractivity contribution is 5.98. The summed E-state index contributed by atoms with van der Waals surface area (Å²) in [5.74, 6) is 0.941. The van der Waals surface area contributed by atoms with Gasteiger partial charge in [0.05, 0.1) is 7.11 Å². The minimum atomic E-state index is -0.126. The molecule has 1 saturated carbocycles. The van der Waals surface area contributed by atoms with Crippen molar-refractivity contribution >= 4 is 16.7 Å². The predicted molar refractivity (Wildman–Crippen MR) is 73.3 cm³/mol. The van der Waals surface area contributed by atoms with Gasteiger partial charge in [0.2, 0.25) is 5.88 Å². The third-order valence-corrected chi connectivity index (χ3v) is 3.56. The molecule has 98 valence electrons. The maximum Gasteiger partial charge on any atom is 0.270 e. The second kappa shape index (κ2) is 4.53. The summed E-state index contributed by atoms with van der Waals surface area (Å²) in [5, 5.41) is 4.86. The minimum Gasteiger partial charge on any atom is -0.481 e. The van der Waals surface area contributed by atoms with Gasteiger partial charge in [-0.1, -0.05) is 25.1 Å². The molecule has 0 unspecified atom stereocenters. The van der Waals surface area contributed by atoms with Crippen LogP contribution < -0.4 is 10.1 Å². The van der Waals surface area contributed by atoms with Crippen molar-refractivity contribution in [2.45, 2.75) is 19.4 Å². The van der Waals surface area contributed by atoms with E-state index < -0.39 is 0 Å². The molecule has 0 radical (unpaired) electrons. The summed E-state index contributed by atoms with van der Waals surface area (Å²) in [6, 6.07) is 9.86. The highest BCUT2D eigenvalue weighted by Gasteiger charge is 2.34. The molecule has 1 heterocycles. The molecule has 1 aliphatic carbocycles. The van der Waals surface area contributed by atoms with Crippen LogP contribution in [0.3, 0.4) is 0 Å². The molecule has 0 saturated heterocycles. The molecule has 4 heteroatoms. The minimum absolute atomic E-state index is 0.126. The van der Waals surface area contributed by atoms with E-state index in [9.17, 15) is 4.79 Å². The molecule has 1 aromatic carbocycles. The smallest absolute Gasteiger partial charge is 0.270 e. The van der Waals surface area contributed by atoms with Crippen LogP contribution in [0.2, 0.25) is 0 Å². The van der Waals surface area contributed by atoms with Gasteiger partial charge in [-0.25, -0.2) is 4.98 Å². The molecule has 1 aliphatic rings. The monoisotopic (exact) mass is 256 g/mol. The highest BCUT2D eigenvalue weighted by Crippen LogP contribution is 2.30. The van der Waals surface area contributed by atoms with Crippen LogP contribution in [0.1, 0.15) is 23.8 Å². The number of pyridine rings is 1. The van der Waals surface area contributed by atoms with Crippen LogP contribution in [-0.2, 0) is 0 Å². The van der Waals surface area contributed by atoms with Crippen LogP contribution in [0.25, 0.3) is 10.8 Å². The largest absolute Gasteiger partial charge is 0.481 e. The summed E-state index contributed by atoms with van der Waals surface area (Å²) in [6.07, 6.45) is 1.05. The first-order valence-corrected chi connectivity index (χ1v) is 6.43. The maximum absolute atomic E-state index is 12.1. The van der Waals surface area contributed by atoms with E-state index in [2.05, 4.69) is 17.2 Å². The lowest BCUT2D eigenvalue weighted by atomic mass is 10.1. The van der Waals surface area contributed by atoms with Gasteiger partial charge in [-0.2, -0.15) is 0 Å². The molecule has 2 aromatic rings. The molecule has 1 fully saturated rings. The van der Waals surface area contributed by atoms with E-state index in [0.717, 1.165) is 17.2 Å². The zero-order chi connectivity index (χ0) is 13.4. The third kappa shape index (κ3) is 2.26. The van der Waals surface area contributed by atoms with Crippen LogP contribution in [0.5, 0.6) is 5.88 Å². The van der Waals surface area contributed by atoms with Crippen LogP contribution in [0, 0.1) is 5.92 Å². The fourth-order valence-electron chi connectivity index (χ4n) is 2.20. The summed E-state index contributed by atoms with van der Waals surface area (Å²) < 4.78 is 5.27. The lowest BCUT2D eigenvalue weighted by Gasteiger charge is -2.08. The number of aromatic nitrogens is 1. The molecule has 0 aliphatic heterocycles. The average molecular weight is 256 g/mol. The van der Waals surface area contributed by atoms with Crippen molar-refractivity contribution in [3.05, 3.63) is 36.0 Å². The number of benzene rings is 1. The first-order chi connectivity index (χ1) is 9.19. The average Bonchev–Trinajstić information content (AvgIpc) is 3.12. The van der Waals surface area contributed by atoms with Gasteiger partial charge in [-0.3, -0.25) is 4.79 Å². The summed E-state index contributed by atoms with van der Waals surface area (Å²) >= 11 is 0. The predicted octanol–water partition coefficient (Wildman–Crippen LogP) is 2.38. The summed E-state index contributed by atoms with van der Waals surface area (Å²) in [6.45, 7) is 2.12. The molecule has 0 bridgehead atoms. The molecule has 1 aromatic heterocycles. The number of fused-ring (bicyclic) bond motifs is 1. The zero-order valence-corrected chi connectivity index (χ0v) is 11.0. The van der Waals surface area contributed by atoms with Crippen molar-refractivity contribution in [3.63, 3.8) is 0 Å². The molecule has 19 heavy (non-hydrogen) atoms. The topological polar surface area (TPSA) is 51.2 Å². The van der Waals surface area contributed by atoms with Crippen molar-refractivity contribution in [3.8, 4) is 5.88 Å². The standard InChI is InChI=1S/C15H16N2O2/c1-9-7-12(9)16-14(18)13-8-10-5-3-4-6-11(10)15(17-13)19-2/h3-6,8-9,12H,7H2,1-2H3,(H,16,18)/t9-,12-/m0/s1. The Labute approximate surface area is 111 Å².